The maximum atomic E-state index is 11.7. The minimum Gasteiger partial charge on any atom is -0.371 e. The van der Waals surface area contributed by atoms with E-state index >= 15 is 0 Å². The predicted octanol–water partition coefficient (Wildman–Crippen LogP) is 3.60. The zero-order valence-corrected chi connectivity index (χ0v) is 17.1. The summed E-state index contributed by atoms with van der Waals surface area (Å²) in [5.74, 6) is 0.182. The number of rotatable bonds is 3. The predicted molar refractivity (Wildman–Crippen MR) is 109 cm³/mol. The summed E-state index contributed by atoms with van der Waals surface area (Å²) in [6.45, 7) is 13.2. The minimum absolute atomic E-state index is 0.157. The summed E-state index contributed by atoms with van der Waals surface area (Å²) < 4.78 is 0. The number of hydrogen-bond acceptors (Lipinski definition) is 3. The fourth-order valence-electron chi connectivity index (χ4n) is 4.20. The van der Waals surface area contributed by atoms with E-state index in [1.807, 2.05) is 0 Å². The molecule has 2 fully saturated rings. The number of carbonyl (C=O) groups excluding carboxylic acids is 1. The standard InChI is InChI=1S/C22H35N3O/c1-21(2,3)16-6-8-18(9-7-16)25-14-12-17(13-15-25)23-19-10-11-20(26)24-22(19,4)5/h6-9,17,19,23H,10-15H2,1-5H3,(H,24,26). The van der Waals surface area contributed by atoms with Crippen molar-refractivity contribution in [3.8, 4) is 0 Å². The molecule has 3 rings (SSSR count). The molecule has 1 aromatic carbocycles. The third-order valence-electron chi connectivity index (χ3n) is 6.02. The summed E-state index contributed by atoms with van der Waals surface area (Å²) in [4.78, 5) is 14.2. The Hall–Kier alpha value is -1.55. The van der Waals surface area contributed by atoms with Gasteiger partial charge in [0, 0.05) is 42.8 Å². The van der Waals surface area contributed by atoms with Gasteiger partial charge >= 0.3 is 0 Å². The third-order valence-corrected chi connectivity index (χ3v) is 6.02. The van der Waals surface area contributed by atoms with E-state index in [2.05, 4.69) is 74.4 Å². The fourth-order valence-corrected chi connectivity index (χ4v) is 4.20. The Kier molecular flexibility index (Phi) is 5.34. The molecular weight excluding hydrogens is 322 g/mol. The number of piperidine rings is 2. The van der Waals surface area contributed by atoms with E-state index in [4.69, 9.17) is 0 Å². The van der Waals surface area contributed by atoms with Crippen LogP contribution in [0.15, 0.2) is 24.3 Å². The molecular formula is C22H35N3O. The first kappa shape index (κ1) is 19.2. The molecule has 144 valence electrons. The average molecular weight is 358 g/mol. The van der Waals surface area contributed by atoms with Crippen molar-refractivity contribution in [3.05, 3.63) is 29.8 Å². The van der Waals surface area contributed by atoms with Crippen LogP contribution in [-0.2, 0) is 10.2 Å². The summed E-state index contributed by atoms with van der Waals surface area (Å²) in [6.07, 6.45) is 3.89. The van der Waals surface area contributed by atoms with Crippen molar-refractivity contribution in [1.29, 1.82) is 0 Å². The molecule has 1 unspecified atom stereocenters. The van der Waals surface area contributed by atoms with E-state index < -0.39 is 0 Å². The van der Waals surface area contributed by atoms with Crippen LogP contribution in [0.4, 0.5) is 5.69 Å². The van der Waals surface area contributed by atoms with Gasteiger partial charge in [0.05, 0.1) is 0 Å². The van der Waals surface area contributed by atoms with Gasteiger partial charge in [-0.25, -0.2) is 0 Å². The molecule has 2 N–H and O–H groups in total. The van der Waals surface area contributed by atoms with Crippen LogP contribution in [0.1, 0.15) is 65.9 Å². The summed E-state index contributed by atoms with van der Waals surface area (Å²) >= 11 is 0. The lowest BCUT2D eigenvalue weighted by Crippen LogP contribution is -2.63. The van der Waals surface area contributed by atoms with Crippen LogP contribution in [0, 0.1) is 0 Å². The van der Waals surface area contributed by atoms with Gasteiger partial charge in [0.1, 0.15) is 0 Å². The van der Waals surface area contributed by atoms with Crippen molar-refractivity contribution in [2.24, 2.45) is 0 Å². The number of hydrogen-bond donors (Lipinski definition) is 2. The van der Waals surface area contributed by atoms with Crippen LogP contribution >= 0.6 is 0 Å². The molecule has 0 spiro atoms. The molecule has 4 nitrogen and oxygen atoms in total. The monoisotopic (exact) mass is 357 g/mol. The molecule has 0 aliphatic carbocycles. The SMILES string of the molecule is CC(C)(C)c1ccc(N2CCC(NC3CCC(=O)NC3(C)C)CC2)cc1. The second-order valence-electron chi connectivity index (χ2n) is 9.59. The van der Waals surface area contributed by atoms with Crippen LogP contribution in [-0.4, -0.2) is 36.6 Å². The lowest BCUT2D eigenvalue weighted by molar-refractivity contribution is -0.125. The normalized spacial score (nSPS) is 24.4. The zero-order valence-electron chi connectivity index (χ0n) is 17.1. The van der Waals surface area contributed by atoms with Crippen molar-refractivity contribution in [3.63, 3.8) is 0 Å². The smallest absolute Gasteiger partial charge is 0.220 e. The average Bonchev–Trinajstić information content (AvgIpc) is 2.57. The Morgan fingerprint density at radius 3 is 2.23 bits per heavy atom. The van der Waals surface area contributed by atoms with E-state index in [1.54, 1.807) is 0 Å². The Morgan fingerprint density at radius 2 is 1.69 bits per heavy atom. The first-order chi connectivity index (χ1) is 12.1. The maximum Gasteiger partial charge on any atom is 0.220 e. The highest BCUT2D eigenvalue weighted by Gasteiger charge is 2.36. The highest BCUT2D eigenvalue weighted by Crippen LogP contribution is 2.27. The van der Waals surface area contributed by atoms with Crippen LogP contribution in [0.3, 0.4) is 0 Å². The van der Waals surface area contributed by atoms with Gasteiger partial charge in [-0.1, -0.05) is 32.9 Å². The second-order valence-corrected chi connectivity index (χ2v) is 9.59. The minimum atomic E-state index is -0.157. The van der Waals surface area contributed by atoms with Gasteiger partial charge in [-0.3, -0.25) is 4.79 Å². The zero-order chi connectivity index (χ0) is 18.9. The van der Waals surface area contributed by atoms with Crippen molar-refractivity contribution in [1.82, 2.24) is 10.6 Å². The number of nitrogens with one attached hydrogen (secondary N) is 2. The van der Waals surface area contributed by atoms with Crippen molar-refractivity contribution in [2.75, 3.05) is 18.0 Å². The molecule has 1 atom stereocenters. The Labute approximate surface area is 158 Å². The molecule has 1 aromatic rings. The van der Waals surface area contributed by atoms with Gasteiger partial charge in [0.15, 0.2) is 0 Å². The third kappa shape index (κ3) is 4.40. The summed E-state index contributed by atoms with van der Waals surface area (Å²) in [7, 11) is 0. The molecule has 0 aromatic heterocycles. The Morgan fingerprint density at radius 1 is 1.08 bits per heavy atom. The lowest BCUT2D eigenvalue weighted by Gasteiger charge is -2.43. The molecule has 4 heteroatoms. The molecule has 2 aliphatic rings. The summed E-state index contributed by atoms with van der Waals surface area (Å²) in [6, 6.07) is 9.99. The van der Waals surface area contributed by atoms with Gasteiger partial charge in [-0.2, -0.15) is 0 Å². The molecule has 2 heterocycles. The Balaban J connectivity index is 1.54. The van der Waals surface area contributed by atoms with E-state index in [1.165, 1.54) is 11.3 Å². The van der Waals surface area contributed by atoms with Crippen molar-refractivity contribution < 1.29 is 4.79 Å². The summed E-state index contributed by atoms with van der Waals surface area (Å²) in [5.41, 5.74) is 2.77. The van der Waals surface area contributed by atoms with Crippen LogP contribution < -0.4 is 15.5 Å². The molecule has 0 bridgehead atoms. The lowest BCUT2D eigenvalue weighted by atomic mass is 9.85. The quantitative estimate of drug-likeness (QED) is 0.869. The van der Waals surface area contributed by atoms with Crippen LogP contribution in [0.5, 0.6) is 0 Å². The van der Waals surface area contributed by atoms with Crippen LogP contribution in [0.2, 0.25) is 0 Å². The highest BCUT2D eigenvalue weighted by molar-refractivity contribution is 5.77. The number of carbonyl (C=O) groups is 1. The number of nitrogens with zero attached hydrogens (tertiary/aromatic N) is 1. The molecule has 0 radical (unpaired) electrons. The number of amides is 1. The summed E-state index contributed by atoms with van der Waals surface area (Å²) in [5, 5.41) is 6.96. The Bertz CT molecular complexity index is 622. The first-order valence-corrected chi connectivity index (χ1v) is 10.1. The molecule has 2 saturated heterocycles. The van der Waals surface area contributed by atoms with Crippen molar-refractivity contribution >= 4 is 11.6 Å². The van der Waals surface area contributed by atoms with Gasteiger partial charge < -0.3 is 15.5 Å². The van der Waals surface area contributed by atoms with Gasteiger partial charge in [-0.15, -0.1) is 0 Å². The van der Waals surface area contributed by atoms with E-state index in [9.17, 15) is 4.79 Å². The molecule has 1 amide bonds. The van der Waals surface area contributed by atoms with E-state index in [-0.39, 0.29) is 16.9 Å². The fraction of sp³-hybridized carbons (Fsp3) is 0.682. The maximum absolute atomic E-state index is 11.7. The van der Waals surface area contributed by atoms with Gasteiger partial charge in [0.25, 0.3) is 0 Å². The second kappa shape index (κ2) is 7.22. The largest absolute Gasteiger partial charge is 0.371 e. The topological polar surface area (TPSA) is 44.4 Å². The highest BCUT2D eigenvalue weighted by atomic mass is 16.1. The number of benzene rings is 1. The van der Waals surface area contributed by atoms with Gasteiger partial charge in [-0.05, 0) is 56.2 Å². The molecule has 26 heavy (non-hydrogen) atoms. The first-order valence-electron chi connectivity index (χ1n) is 10.1. The van der Waals surface area contributed by atoms with E-state index in [0.29, 0.717) is 18.5 Å². The van der Waals surface area contributed by atoms with Crippen LogP contribution in [0.25, 0.3) is 0 Å². The van der Waals surface area contributed by atoms with Gasteiger partial charge in [0.2, 0.25) is 5.91 Å². The van der Waals surface area contributed by atoms with Crippen molar-refractivity contribution in [2.45, 2.75) is 83.3 Å². The molecule has 2 aliphatic heterocycles. The van der Waals surface area contributed by atoms with E-state index in [0.717, 1.165) is 32.4 Å². The number of anilines is 1. The molecule has 0 saturated carbocycles.